The number of carbonyl (C=O) groups is 2. The van der Waals surface area contributed by atoms with E-state index in [0.29, 0.717) is 32.3 Å². The van der Waals surface area contributed by atoms with Crippen molar-refractivity contribution in [2.75, 3.05) is 20.3 Å². The highest BCUT2D eigenvalue weighted by Crippen LogP contribution is 2.28. The molecule has 6 heteroatoms. The van der Waals surface area contributed by atoms with Gasteiger partial charge in [0.05, 0.1) is 13.2 Å². The molecule has 0 bridgehead atoms. The van der Waals surface area contributed by atoms with Crippen LogP contribution in [0.3, 0.4) is 0 Å². The Balaban J connectivity index is 1.73. The highest BCUT2D eigenvalue weighted by molar-refractivity contribution is 5.99. The quantitative estimate of drug-likeness (QED) is 0.296. The molecule has 142 valence electrons. The molecule has 1 N–H and O–H groups in total. The Morgan fingerprint density at radius 3 is 2.68 bits per heavy atom. The number of allylic oxidation sites excluding steroid dienone is 1. The van der Waals surface area contributed by atoms with Gasteiger partial charge in [-0.15, -0.1) is 0 Å². The summed E-state index contributed by atoms with van der Waals surface area (Å²) in [6.07, 6.45) is 8.97. The minimum absolute atomic E-state index is 0.0909. The van der Waals surface area contributed by atoms with Gasteiger partial charge in [-0.25, -0.2) is 0 Å². The monoisotopic (exact) mass is 354 g/mol. The summed E-state index contributed by atoms with van der Waals surface area (Å²) in [4.78, 5) is 24.6. The second-order valence-electron chi connectivity index (χ2n) is 6.78. The molecule has 1 aliphatic heterocycles. The predicted octanol–water partition coefficient (Wildman–Crippen LogP) is 2.39. The summed E-state index contributed by atoms with van der Waals surface area (Å²) in [5.74, 6) is -1.53. The SMILES string of the molecule is COC(=O)C(C(=O)CCCCOC1CCCCO1)[C@H]1C=C[C@@H](O)CC1. The molecular weight excluding hydrogens is 324 g/mol. The zero-order valence-corrected chi connectivity index (χ0v) is 15.0. The number of esters is 1. The number of hydrogen-bond acceptors (Lipinski definition) is 6. The first kappa shape index (κ1) is 20.1. The van der Waals surface area contributed by atoms with Crippen LogP contribution in [-0.4, -0.2) is 49.6 Å². The number of Topliss-reactive ketones (excluding diaryl/α,β-unsaturated/α-hetero) is 1. The van der Waals surface area contributed by atoms with E-state index in [-0.39, 0.29) is 18.0 Å². The van der Waals surface area contributed by atoms with Gasteiger partial charge in [-0.05, 0) is 50.9 Å². The van der Waals surface area contributed by atoms with Crippen molar-refractivity contribution in [1.82, 2.24) is 0 Å². The standard InChI is InChI=1S/C19H30O6/c1-23-19(22)18(14-8-10-15(20)11-9-14)16(21)6-2-4-12-24-17-7-3-5-13-25-17/h8,10,14-15,17-18,20H,2-7,9,11-13H2,1H3/t14-,15+,17?,18?/m0/s1. The molecule has 0 saturated carbocycles. The van der Waals surface area contributed by atoms with Crippen LogP contribution in [0, 0.1) is 11.8 Å². The van der Waals surface area contributed by atoms with Crippen molar-refractivity contribution in [3.05, 3.63) is 12.2 Å². The fourth-order valence-electron chi connectivity index (χ4n) is 3.39. The Morgan fingerprint density at radius 1 is 1.20 bits per heavy atom. The lowest BCUT2D eigenvalue weighted by Gasteiger charge is -2.25. The lowest BCUT2D eigenvalue weighted by molar-refractivity contribution is -0.162. The van der Waals surface area contributed by atoms with Crippen molar-refractivity contribution in [2.24, 2.45) is 11.8 Å². The summed E-state index contributed by atoms with van der Waals surface area (Å²) in [5, 5.41) is 9.54. The Morgan fingerprint density at radius 2 is 2.04 bits per heavy atom. The predicted molar refractivity (Wildman–Crippen MR) is 91.8 cm³/mol. The van der Waals surface area contributed by atoms with E-state index in [1.54, 1.807) is 12.2 Å². The normalized spacial score (nSPS) is 27.7. The van der Waals surface area contributed by atoms with Gasteiger partial charge in [-0.1, -0.05) is 12.2 Å². The minimum atomic E-state index is -0.767. The highest BCUT2D eigenvalue weighted by atomic mass is 16.7. The number of methoxy groups -OCH3 is 1. The van der Waals surface area contributed by atoms with E-state index in [4.69, 9.17) is 14.2 Å². The molecule has 1 aliphatic carbocycles. The third-order valence-corrected chi connectivity index (χ3v) is 4.87. The number of ether oxygens (including phenoxy) is 3. The lowest BCUT2D eigenvalue weighted by Crippen LogP contribution is -2.33. The first-order valence-corrected chi connectivity index (χ1v) is 9.32. The fourth-order valence-corrected chi connectivity index (χ4v) is 3.39. The average Bonchev–Trinajstić information content (AvgIpc) is 2.64. The van der Waals surface area contributed by atoms with Crippen LogP contribution in [0.25, 0.3) is 0 Å². The molecule has 0 spiro atoms. The van der Waals surface area contributed by atoms with Crippen molar-refractivity contribution in [3.63, 3.8) is 0 Å². The summed E-state index contributed by atoms with van der Waals surface area (Å²) in [6, 6.07) is 0. The van der Waals surface area contributed by atoms with Crippen LogP contribution >= 0.6 is 0 Å². The van der Waals surface area contributed by atoms with E-state index >= 15 is 0 Å². The molecule has 0 aromatic carbocycles. The molecule has 6 nitrogen and oxygen atoms in total. The Kier molecular flexibility index (Phi) is 8.58. The van der Waals surface area contributed by atoms with Crippen LogP contribution in [0.1, 0.15) is 51.4 Å². The van der Waals surface area contributed by atoms with Gasteiger partial charge in [-0.2, -0.15) is 0 Å². The summed E-state index contributed by atoms with van der Waals surface area (Å²) < 4.78 is 16.0. The number of hydrogen-bond donors (Lipinski definition) is 1. The Bertz CT molecular complexity index is 455. The van der Waals surface area contributed by atoms with Gasteiger partial charge in [-0.3, -0.25) is 9.59 Å². The van der Waals surface area contributed by atoms with E-state index in [1.165, 1.54) is 7.11 Å². The number of unbranched alkanes of at least 4 members (excludes halogenated alkanes) is 1. The highest BCUT2D eigenvalue weighted by Gasteiger charge is 2.35. The number of aliphatic hydroxyl groups is 1. The number of ketones is 1. The van der Waals surface area contributed by atoms with E-state index in [2.05, 4.69) is 0 Å². The summed E-state index contributed by atoms with van der Waals surface area (Å²) >= 11 is 0. The third kappa shape index (κ3) is 6.53. The van der Waals surface area contributed by atoms with Gasteiger partial charge >= 0.3 is 5.97 Å². The molecule has 1 heterocycles. The smallest absolute Gasteiger partial charge is 0.316 e. The minimum Gasteiger partial charge on any atom is -0.468 e. The molecule has 0 aromatic rings. The molecule has 2 aliphatic rings. The number of carbonyl (C=O) groups excluding carboxylic acids is 2. The molecular formula is C19H30O6. The van der Waals surface area contributed by atoms with Crippen LogP contribution in [-0.2, 0) is 23.8 Å². The molecule has 4 atom stereocenters. The van der Waals surface area contributed by atoms with Crippen molar-refractivity contribution in [2.45, 2.75) is 63.8 Å². The molecule has 0 amide bonds. The summed E-state index contributed by atoms with van der Waals surface area (Å²) in [7, 11) is 1.31. The first-order chi connectivity index (χ1) is 12.1. The average molecular weight is 354 g/mol. The van der Waals surface area contributed by atoms with Crippen molar-refractivity contribution < 1.29 is 28.9 Å². The summed E-state index contributed by atoms with van der Waals surface area (Å²) in [6.45, 7) is 1.32. The van der Waals surface area contributed by atoms with E-state index < -0.39 is 18.0 Å². The van der Waals surface area contributed by atoms with Crippen molar-refractivity contribution in [3.8, 4) is 0 Å². The topological polar surface area (TPSA) is 82.1 Å². The second kappa shape index (κ2) is 10.7. The van der Waals surface area contributed by atoms with Crippen molar-refractivity contribution in [1.29, 1.82) is 0 Å². The Hall–Kier alpha value is -1.24. The van der Waals surface area contributed by atoms with Crippen LogP contribution in [0.2, 0.25) is 0 Å². The maximum atomic E-state index is 12.5. The van der Waals surface area contributed by atoms with Crippen LogP contribution in [0.4, 0.5) is 0 Å². The largest absolute Gasteiger partial charge is 0.468 e. The van der Waals surface area contributed by atoms with E-state index in [1.807, 2.05) is 0 Å². The van der Waals surface area contributed by atoms with Gasteiger partial charge in [0, 0.05) is 19.6 Å². The molecule has 0 radical (unpaired) electrons. The maximum absolute atomic E-state index is 12.5. The van der Waals surface area contributed by atoms with Gasteiger partial charge < -0.3 is 19.3 Å². The van der Waals surface area contributed by atoms with Crippen LogP contribution < -0.4 is 0 Å². The fraction of sp³-hybridized carbons (Fsp3) is 0.789. The lowest BCUT2D eigenvalue weighted by atomic mass is 9.80. The second-order valence-corrected chi connectivity index (χ2v) is 6.78. The number of aliphatic hydroxyl groups excluding tert-OH is 1. The molecule has 2 rings (SSSR count). The van der Waals surface area contributed by atoms with Crippen LogP contribution in [0.15, 0.2) is 12.2 Å². The Labute approximate surface area is 149 Å². The maximum Gasteiger partial charge on any atom is 0.316 e. The molecule has 25 heavy (non-hydrogen) atoms. The molecule has 1 fully saturated rings. The van der Waals surface area contributed by atoms with Crippen molar-refractivity contribution >= 4 is 11.8 Å². The van der Waals surface area contributed by atoms with Crippen LogP contribution in [0.5, 0.6) is 0 Å². The zero-order valence-electron chi connectivity index (χ0n) is 15.0. The molecule has 2 unspecified atom stereocenters. The van der Waals surface area contributed by atoms with Gasteiger partial charge in [0.25, 0.3) is 0 Å². The number of rotatable bonds is 9. The van der Waals surface area contributed by atoms with E-state index in [0.717, 1.165) is 32.3 Å². The van der Waals surface area contributed by atoms with Gasteiger partial charge in [0.15, 0.2) is 6.29 Å². The van der Waals surface area contributed by atoms with Gasteiger partial charge in [0.2, 0.25) is 0 Å². The van der Waals surface area contributed by atoms with Gasteiger partial charge in [0.1, 0.15) is 11.7 Å². The van der Waals surface area contributed by atoms with E-state index in [9.17, 15) is 14.7 Å². The third-order valence-electron chi connectivity index (χ3n) is 4.87. The zero-order chi connectivity index (χ0) is 18.1. The first-order valence-electron chi connectivity index (χ1n) is 9.32. The molecule has 0 aromatic heterocycles. The molecule has 1 saturated heterocycles. The summed E-state index contributed by atoms with van der Waals surface area (Å²) in [5.41, 5.74) is 0.